The van der Waals surface area contributed by atoms with Crippen LogP contribution in [-0.2, 0) is 9.59 Å². The largest absolute Gasteiger partial charge is 0.481 e. The zero-order valence-electron chi connectivity index (χ0n) is 13.8. The SMILES string of the molecule is CC(C)c1ccc(C2CC2C(=O)N[C@@H]2CCC[C@@H]2C(=O)O)cc1. The minimum atomic E-state index is -0.788. The Hall–Kier alpha value is -1.84. The molecule has 2 saturated carbocycles. The van der Waals surface area contributed by atoms with Crippen LogP contribution in [0.3, 0.4) is 0 Å². The molecule has 2 aliphatic rings. The summed E-state index contributed by atoms with van der Waals surface area (Å²) in [7, 11) is 0. The average Bonchev–Trinajstić information content (AvgIpc) is 3.19. The van der Waals surface area contributed by atoms with E-state index in [1.807, 2.05) is 0 Å². The average molecular weight is 315 g/mol. The number of carboxylic acids is 1. The van der Waals surface area contributed by atoms with Crippen LogP contribution in [0.15, 0.2) is 24.3 Å². The summed E-state index contributed by atoms with van der Waals surface area (Å²) in [5.41, 5.74) is 2.53. The highest BCUT2D eigenvalue weighted by Gasteiger charge is 2.45. The zero-order valence-corrected chi connectivity index (χ0v) is 13.8. The Morgan fingerprint density at radius 3 is 2.43 bits per heavy atom. The molecule has 0 saturated heterocycles. The molecule has 4 heteroatoms. The second-order valence-corrected chi connectivity index (χ2v) is 7.26. The van der Waals surface area contributed by atoms with Crippen LogP contribution in [0.5, 0.6) is 0 Å². The molecule has 1 aromatic carbocycles. The molecule has 2 unspecified atom stereocenters. The third-order valence-electron chi connectivity index (χ3n) is 5.32. The Bertz CT molecular complexity index is 593. The van der Waals surface area contributed by atoms with E-state index in [-0.39, 0.29) is 17.9 Å². The first-order chi connectivity index (χ1) is 11.0. The molecule has 2 N–H and O–H groups in total. The van der Waals surface area contributed by atoms with Crippen molar-refractivity contribution in [1.82, 2.24) is 5.32 Å². The van der Waals surface area contributed by atoms with Gasteiger partial charge in [-0.05, 0) is 42.2 Å². The lowest BCUT2D eigenvalue weighted by Crippen LogP contribution is -2.41. The molecule has 2 fully saturated rings. The fourth-order valence-electron chi connectivity index (χ4n) is 3.70. The minimum Gasteiger partial charge on any atom is -0.481 e. The Morgan fingerprint density at radius 1 is 1.13 bits per heavy atom. The van der Waals surface area contributed by atoms with Crippen molar-refractivity contribution in [3.8, 4) is 0 Å². The molecular formula is C19H25NO3. The summed E-state index contributed by atoms with van der Waals surface area (Å²) in [5.74, 6) is -0.361. The number of aliphatic carboxylic acids is 1. The molecule has 0 spiro atoms. The van der Waals surface area contributed by atoms with Gasteiger partial charge in [-0.1, -0.05) is 44.5 Å². The Labute approximate surface area is 137 Å². The highest BCUT2D eigenvalue weighted by molar-refractivity contribution is 5.84. The van der Waals surface area contributed by atoms with Gasteiger partial charge in [-0.2, -0.15) is 0 Å². The molecular weight excluding hydrogens is 290 g/mol. The van der Waals surface area contributed by atoms with Crippen LogP contribution in [0.1, 0.15) is 62.5 Å². The molecule has 0 radical (unpaired) electrons. The summed E-state index contributed by atoms with van der Waals surface area (Å²) >= 11 is 0. The van der Waals surface area contributed by atoms with E-state index in [0.29, 0.717) is 18.3 Å². The number of carbonyl (C=O) groups excluding carboxylic acids is 1. The van der Waals surface area contributed by atoms with Crippen molar-refractivity contribution in [2.75, 3.05) is 0 Å². The van der Waals surface area contributed by atoms with Crippen LogP contribution >= 0.6 is 0 Å². The number of carbonyl (C=O) groups is 2. The quantitative estimate of drug-likeness (QED) is 0.876. The molecule has 124 valence electrons. The number of rotatable bonds is 5. The summed E-state index contributed by atoms with van der Waals surface area (Å²) in [6, 6.07) is 8.35. The smallest absolute Gasteiger partial charge is 0.308 e. The Balaban J connectivity index is 1.57. The van der Waals surface area contributed by atoms with Gasteiger partial charge in [0.05, 0.1) is 5.92 Å². The summed E-state index contributed by atoms with van der Waals surface area (Å²) in [4.78, 5) is 23.6. The number of benzene rings is 1. The van der Waals surface area contributed by atoms with E-state index >= 15 is 0 Å². The maximum atomic E-state index is 12.4. The van der Waals surface area contributed by atoms with Gasteiger partial charge in [0.1, 0.15) is 0 Å². The molecule has 0 bridgehead atoms. The fraction of sp³-hybridized carbons (Fsp3) is 0.579. The van der Waals surface area contributed by atoms with E-state index in [0.717, 1.165) is 19.3 Å². The van der Waals surface area contributed by atoms with Crippen molar-refractivity contribution in [1.29, 1.82) is 0 Å². The molecule has 1 amide bonds. The van der Waals surface area contributed by atoms with E-state index in [2.05, 4.69) is 43.4 Å². The van der Waals surface area contributed by atoms with Gasteiger partial charge in [0.25, 0.3) is 0 Å². The van der Waals surface area contributed by atoms with Crippen LogP contribution in [0, 0.1) is 11.8 Å². The summed E-state index contributed by atoms with van der Waals surface area (Å²) in [6.45, 7) is 4.34. The van der Waals surface area contributed by atoms with E-state index < -0.39 is 11.9 Å². The number of hydrogen-bond donors (Lipinski definition) is 2. The summed E-state index contributed by atoms with van der Waals surface area (Å²) in [5, 5.41) is 12.2. The third kappa shape index (κ3) is 3.41. The maximum Gasteiger partial charge on any atom is 0.308 e. The molecule has 0 aliphatic heterocycles. The van der Waals surface area contributed by atoms with Crippen molar-refractivity contribution >= 4 is 11.9 Å². The maximum absolute atomic E-state index is 12.4. The van der Waals surface area contributed by atoms with Crippen LogP contribution in [0.25, 0.3) is 0 Å². The van der Waals surface area contributed by atoms with E-state index in [1.54, 1.807) is 0 Å². The van der Waals surface area contributed by atoms with Crippen LogP contribution in [0.4, 0.5) is 0 Å². The van der Waals surface area contributed by atoms with Gasteiger partial charge in [-0.15, -0.1) is 0 Å². The van der Waals surface area contributed by atoms with Crippen molar-refractivity contribution in [2.24, 2.45) is 11.8 Å². The fourth-order valence-corrected chi connectivity index (χ4v) is 3.70. The molecule has 23 heavy (non-hydrogen) atoms. The first kappa shape index (κ1) is 16.0. The van der Waals surface area contributed by atoms with Crippen molar-refractivity contribution in [2.45, 2.75) is 57.4 Å². The predicted molar refractivity (Wildman–Crippen MR) is 88.3 cm³/mol. The van der Waals surface area contributed by atoms with E-state index in [1.165, 1.54) is 11.1 Å². The van der Waals surface area contributed by atoms with Gasteiger partial charge in [0, 0.05) is 12.0 Å². The number of hydrogen-bond acceptors (Lipinski definition) is 2. The molecule has 0 heterocycles. The standard InChI is InChI=1S/C19H25NO3/c1-11(2)12-6-8-13(9-7-12)15-10-16(15)18(21)20-17-5-3-4-14(17)19(22)23/h6-9,11,14-17H,3-5,10H2,1-2H3,(H,20,21)(H,22,23)/t14-,15?,16?,17+/m0/s1. The molecule has 0 aromatic heterocycles. The number of nitrogens with one attached hydrogen (secondary N) is 1. The summed E-state index contributed by atoms with van der Waals surface area (Å²) < 4.78 is 0. The second-order valence-electron chi connectivity index (χ2n) is 7.26. The molecule has 3 rings (SSSR count). The highest BCUT2D eigenvalue weighted by Crippen LogP contribution is 2.48. The first-order valence-electron chi connectivity index (χ1n) is 8.60. The third-order valence-corrected chi connectivity index (χ3v) is 5.32. The van der Waals surface area contributed by atoms with Crippen molar-refractivity contribution in [3.63, 3.8) is 0 Å². The first-order valence-corrected chi connectivity index (χ1v) is 8.60. The molecule has 4 nitrogen and oxygen atoms in total. The van der Waals surface area contributed by atoms with Gasteiger partial charge in [-0.25, -0.2) is 0 Å². The van der Waals surface area contributed by atoms with Crippen LogP contribution in [-0.4, -0.2) is 23.0 Å². The number of amides is 1. The predicted octanol–water partition coefficient (Wildman–Crippen LogP) is 3.28. The van der Waals surface area contributed by atoms with Gasteiger partial charge >= 0.3 is 5.97 Å². The zero-order chi connectivity index (χ0) is 16.6. The monoisotopic (exact) mass is 315 g/mol. The van der Waals surface area contributed by atoms with Crippen molar-refractivity contribution in [3.05, 3.63) is 35.4 Å². The Kier molecular flexibility index (Phi) is 4.42. The van der Waals surface area contributed by atoms with Crippen LogP contribution in [0.2, 0.25) is 0 Å². The lowest BCUT2D eigenvalue weighted by Gasteiger charge is -2.17. The minimum absolute atomic E-state index is 0.00921. The van der Waals surface area contributed by atoms with Gasteiger partial charge < -0.3 is 10.4 Å². The van der Waals surface area contributed by atoms with Gasteiger partial charge in [-0.3, -0.25) is 9.59 Å². The summed E-state index contributed by atoms with van der Waals surface area (Å²) in [6.07, 6.45) is 3.21. The van der Waals surface area contributed by atoms with Crippen LogP contribution < -0.4 is 5.32 Å². The van der Waals surface area contributed by atoms with Crippen molar-refractivity contribution < 1.29 is 14.7 Å². The lowest BCUT2D eigenvalue weighted by atomic mass is 9.99. The lowest BCUT2D eigenvalue weighted by molar-refractivity contribution is -0.142. The second kappa shape index (κ2) is 6.34. The Morgan fingerprint density at radius 2 is 1.83 bits per heavy atom. The van der Waals surface area contributed by atoms with Gasteiger partial charge in [0.2, 0.25) is 5.91 Å². The molecule has 1 aromatic rings. The number of carboxylic acid groups (broad SMARTS) is 1. The van der Waals surface area contributed by atoms with E-state index in [9.17, 15) is 14.7 Å². The molecule has 2 aliphatic carbocycles. The topological polar surface area (TPSA) is 66.4 Å². The highest BCUT2D eigenvalue weighted by atomic mass is 16.4. The normalized spacial score (nSPS) is 29.5. The van der Waals surface area contributed by atoms with E-state index in [4.69, 9.17) is 0 Å². The molecule has 4 atom stereocenters. The van der Waals surface area contributed by atoms with Gasteiger partial charge in [0.15, 0.2) is 0 Å².